The maximum absolute atomic E-state index is 13.8. The fourth-order valence-electron chi connectivity index (χ4n) is 6.11. The molecule has 3 aromatic rings. The van der Waals surface area contributed by atoms with Crippen LogP contribution in [0.3, 0.4) is 0 Å². The molecule has 0 bridgehead atoms. The first-order chi connectivity index (χ1) is 28.4. The SMILES string of the molecule is Nc1ccc2c(-c3ccc(C(=O)NCCCCCC(=O)Oc4c(F)c(F)cc(F)c4F)cc3C(=O)O)c3ccc(=[NH2+])c(S(=O)(=O)[O-])c-3oc2c1S(=O)(=O)NCCCS(=O)(=O)[O-]. The van der Waals surface area contributed by atoms with Crippen molar-refractivity contribution in [2.75, 3.05) is 24.6 Å². The predicted octanol–water partition coefficient (Wildman–Crippen LogP) is 1.71. The van der Waals surface area contributed by atoms with Crippen LogP contribution in [0.15, 0.2) is 62.7 Å². The summed E-state index contributed by atoms with van der Waals surface area (Å²) in [5, 5.41) is 17.9. The largest absolute Gasteiger partial charge is 0.748 e. The number of carbonyl (C=O) groups excluding carboxylic acids is 2. The molecule has 5 rings (SSSR count). The van der Waals surface area contributed by atoms with Crippen molar-refractivity contribution in [2.45, 2.75) is 41.9 Å². The van der Waals surface area contributed by atoms with E-state index in [0.717, 1.165) is 24.3 Å². The minimum absolute atomic E-state index is 0.0425. The normalized spacial score (nSPS) is 12.2. The second kappa shape index (κ2) is 17.9. The van der Waals surface area contributed by atoms with Gasteiger partial charge in [-0.15, -0.1) is 0 Å². The van der Waals surface area contributed by atoms with Crippen molar-refractivity contribution in [3.8, 4) is 28.2 Å². The highest BCUT2D eigenvalue weighted by Gasteiger charge is 2.32. The molecule has 1 aliphatic carbocycles. The lowest BCUT2D eigenvalue weighted by Crippen LogP contribution is -2.47. The Morgan fingerprint density at radius 1 is 0.820 bits per heavy atom. The van der Waals surface area contributed by atoms with Crippen molar-refractivity contribution in [3.63, 3.8) is 0 Å². The number of nitrogens with two attached hydrogens (primary N) is 2. The van der Waals surface area contributed by atoms with Gasteiger partial charge in [-0.3, -0.25) is 15.0 Å². The van der Waals surface area contributed by atoms with Gasteiger partial charge < -0.3 is 34.4 Å². The van der Waals surface area contributed by atoms with Gasteiger partial charge in [-0.05, 0) is 55.2 Å². The Labute approximate surface area is 342 Å². The molecule has 0 unspecified atom stereocenters. The van der Waals surface area contributed by atoms with Crippen LogP contribution in [0.1, 0.15) is 52.8 Å². The van der Waals surface area contributed by atoms with Crippen LogP contribution in [-0.2, 0) is 35.1 Å². The van der Waals surface area contributed by atoms with Crippen LogP contribution in [-0.4, -0.2) is 76.2 Å². The molecule has 0 atom stereocenters. The first-order valence-corrected chi connectivity index (χ1v) is 21.9. The zero-order chi connectivity index (χ0) is 45.2. The Balaban J connectivity index is 1.45. The number of rotatable bonds is 17. The van der Waals surface area contributed by atoms with E-state index < -0.39 is 140 Å². The number of hydrogen-bond acceptors (Lipinski definition) is 14. The van der Waals surface area contributed by atoms with Crippen molar-refractivity contribution in [3.05, 3.63) is 88.3 Å². The standard InChI is InChI=1S/C36H32F4N4O14S3/c37-22-16-23(38)29(40)32(28(22)39)57-26(45)5-2-1-3-12-43-35(46)17-6-7-18(21(15-17)36(47)48)27-19-8-10-24(41)33(60(52,53)44-13-4-14-59(49,50)51)30(19)58-31-20(27)9-11-25(42)34(31)61(54,55)56/h6-11,15-16,42,44H,1-5,12-14,41H2,(H,43,46)(H,47,48)(H,49,50,51)(H,54,55,56)/p-1. The smallest absolute Gasteiger partial charge is 0.336 e. The zero-order valence-corrected chi connectivity index (χ0v) is 33.4. The number of aromatic carboxylic acids is 1. The summed E-state index contributed by atoms with van der Waals surface area (Å²) in [4.78, 5) is 35.9. The maximum Gasteiger partial charge on any atom is 0.336 e. The van der Waals surface area contributed by atoms with E-state index in [4.69, 9.17) is 15.6 Å². The van der Waals surface area contributed by atoms with E-state index in [1.165, 1.54) is 18.2 Å². The third kappa shape index (κ3) is 10.3. The number of carbonyl (C=O) groups is 3. The maximum atomic E-state index is 13.8. The number of esters is 1. The van der Waals surface area contributed by atoms with Crippen molar-refractivity contribution in [1.82, 2.24) is 10.0 Å². The van der Waals surface area contributed by atoms with Crippen molar-refractivity contribution >= 4 is 64.8 Å². The fraction of sp³-hybridized carbons (Fsp3) is 0.222. The Hall–Kier alpha value is -5.99. The number of carboxylic acids is 1. The number of fused-ring (bicyclic) bond motifs is 2. The Kier molecular flexibility index (Phi) is 13.5. The number of carboxylic acid groups (broad SMARTS) is 1. The van der Waals surface area contributed by atoms with Gasteiger partial charge in [0, 0.05) is 59.5 Å². The van der Waals surface area contributed by atoms with E-state index in [1.54, 1.807) is 0 Å². The van der Waals surface area contributed by atoms with Crippen LogP contribution in [0.25, 0.3) is 33.4 Å². The summed E-state index contributed by atoms with van der Waals surface area (Å²) >= 11 is 0. The Morgan fingerprint density at radius 3 is 2.10 bits per heavy atom. The molecule has 326 valence electrons. The van der Waals surface area contributed by atoms with Gasteiger partial charge in [-0.1, -0.05) is 12.5 Å². The third-order valence-electron chi connectivity index (χ3n) is 8.82. The summed E-state index contributed by atoms with van der Waals surface area (Å²) in [6.45, 7) is -0.639. The van der Waals surface area contributed by atoms with Gasteiger partial charge in [0.1, 0.15) is 15.0 Å². The number of amides is 1. The van der Waals surface area contributed by atoms with Gasteiger partial charge in [-0.2, -0.15) is 8.78 Å². The third-order valence-corrected chi connectivity index (χ3v) is 12.1. The summed E-state index contributed by atoms with van der Waals surface area (Å²) in [6.07, 6.45) is -0.409. The average molecular weight is 916 g/mol. The van der Waals surface area contributed by atoms with Crippen LogP contribution in [0, 0.1) is 23.3 Å². The lowest BCUT2D eigenvalue weighted by Gasteiger charge is -2.21. The fourth-order valence-corrected chi connectivity index (χ4v) is 8.68. The van der Waals surface area contributed by atoms with Gasteiger partial charge in [-0.25, -0.2) is 43.6 Å². The van der Waals surface area contributed by atoms with E-state index in [1.807, 2.05) is 0 Å². The highest BCUT2D eigenvalue weighted by Crippen LogP contribution is 2.45. The second-order valence-corrected chi connectivity index (χ2v) is 17.6. The number of ether oxygens (including phenoxy) is 1. The van der Waals surface area contributed by atoms with Crippen molar-refractivity contribution < 1.29 is 86.0 Å². The molecule has 61 heavy (non-hydrogen) atoms. The summed E-state index contributed by atoms with van der Waals surface area (Å²) in [6, 6.07) is 7.68. The first-order valence-electron chi connectivity index (χ1n) is 17.4. The lowest BCUT2D eigenvalue weighted by molar-refractivity contribution is -0.176. The van der Waals surface area contributed by atoms with Crippen LogP contribution >= 0.6 is 0 Å². The number of sulfonamides is 1. The van der Waals surface area contributed by atoms with Gasteiger partial charge in [0.2, 0.25) is 32.8 Å². The summed E-state index contributed by atoms with van der Waals surface area (Å²) in [7, 11) is -15.0. The minimum atomic E-state index is -5.50. The van der Waals surface area contributed by atoms with Gasteiger partial charge >= 0.3 is 11.9 Å². The molecule has 2 aliphatic rings. The van der Waals surface area contributed by atoms with Crippen molar-refractivity contribution in [1.29, 1.82) is 0 Å². The number of hydrogen-bond donors (Lipinski definition) is 5. The lowest BCUT2D eigenvalue weighted by atomic mass is 9.89. The van der Waals surface area contributed by atoms with Gasteiger partial charge in [0.25, 0.3) is 5.91 Å². The number of nitrogen functional groups attached to an aromatic ring is 1. The number of halogens is 4. The van der Waals surface area contributed by atoms with Crippen molar-refractivity contribution in [2.24, 2.45) is 0 Å². The summed E-state index contributed by atoms with van der Waals surface area (Å²) < 4.78 is 165. The number of nitrogens with one attached hydrogen (secondary N) is 2. The average Bonchev–Trinajstić information content (AvgIpc) is 3.16. The number of benzene rings is 4. The zero-order valence-electron chi connectivity index (χ0n) is 30.9. The molecular formula is C36H31F4N4O14S3-. The van der Waals surface area contributed by atoms with Crippen LogP contribution in [0.4, 0.5) is 23.2 Å². The molecule has 1 heterocycles. The van der Waals surface area contributed by atoms with E-state index in [-0.39, 0.29) is 59.5 Å². The molecule has 0 aromatic heterocycles. The number of unbranched alkanes of at least 4 members (excludes halogenated alkanes) is 2. The van der Waals surface area contributed by atoms with Crippen LogP contribution < -0.4 is 31.3 Å². The summed E-state index contributed by atoms with van der Waals surface area (Å²) in [5.41, 5.74) is 3.34. The van der Waals surface area contributed by atoms with E-state index in [9.17, 15) is 71.4 Å². The Morgan fingerprint density at radius 2 is 1.48 bits per heavy atom. The van der Waals surface area contributed by atoms with E-state index in [2.05, 4.69) is 14.8 Å². The monoisotopic (exact) mass is 915 g/mol. The molecular weight excluding hydrogens is 885 g/mol. The predicted molar refractivity (Wildman–Crippen MR) is 200 cm³/mol. The molecule has 18 nitrogen and oxygen atoms in total. The van der Waals surface area contributed by atoms with Gasteiger partial charge in [0.05, 0.1) is 21.4 Å². The van der Waals surface area contributed by atoms with Crippen LogP contribution in [0.5, 0.6) is 5.75 Å². The topological polar surface area (TPSA) is 318 Å². The molecule has 0 saturated heterocycles. The summed E-state index contributed by atoms with van der Waals surface area (Å²) in [5.74, 6) is -14.2. The van der Waals surface area contributed by atoms with E-state index in [0.29, 0.717) is 0 Å². The first kappa shape index (κ1) is 46.1. The highest BCUT2D eigenvalue weighted by molar-refractivity contribution is 7.90. The highest BCUT2D eigenvalue weighted by atomic mass is 32.2. The number of anilines is 1. The molecule has 25 heteroatoms. The Bertz CT molecular complexity index is 2960. The molecule has 0 radical (unpaired) electrons. The molecule has 0 saturated carbocycles. The van der Waals surface area contributed by atoms with E-state index >= 15 is 0 Å². The molecule has 0 fully saturated rings. The van der Waals surface area contributed by atoms with Crippen LogP contribution in [0.2, 0.25) is 0 Å². The quantitative estimate of drug-likeness (QED) is 0.0130. The molecule has 1 aliphatic heterocycles. The molecule has 0 spiro atoms. The molecule has 1 amide bonds. The van der Waals surface area contributed by atoms with Gasteiger partial charge in [0.15, 0.2) is 27.9 Å². The molecule has 3 aromatic carbocycles. The minimum Gasteiger partial charge on any atom is -0.748 e. The second-order valence-electron chi connectivity index (χ2n) is 13.1. The molecule has 7 N–H and O–H groups in total.